The molecule has 1 unspecified atom stereocenters. The highest BCUT2D eigenvalue weighted by molar-refractivity contribution is 5.75. The van der Waals surface area contributed by atoms with Gasteiger partial charge in [0.15, 0.2) is 5.96 Å². The van der Waals surface area contributed by atoms with E-state index in [0.29, 0.717) is 6.54 Å². The van der Waals surface area contributed by atoms with E-state index < -0.39 is 11.7 Å². The molecule has 0 aliphatic carbocycles. The Morgan fingerprint density at radius 2 is 1.88 bits per heavy atom. The minimum atomic E-state index is -0.512. The van der Waals surface area contributed by atoms with Gasteiger partial charge in [-0.1, -0.05) is 13.8 Å². The Kier molecular flexibility index (Phi) is 5.78. The Balaban J connectivity index is 4.36. The van der Waals surface area contributed by atoms with Gasteiger partial charge in [-0.3, -0.25) is 4.99 Å². The number of ether oxygens (including phenoxy) is 1. The summed E-state index contributed by atoms with van der Waals surface area (Å²) in [4.78, 5) is 15.5. The van der Waals surface area contributed by atoms with E-state index in [1.54, 1.807) is 0 Å². The molecule has 0 bridgehead atoms. The molecule has 6 heteroatoms. The van der Waals surface area contributed by atoms with Crippen LogP contribution in [0.3, 0.4) is 0 Å². The van der Waals surface area contributed by atoms with E-state index in [4.69, 9.17) is 16.2 Å². The van der Waals surface area contributed by atoms with Gasteiger partial charge in [-0.25, -0.2) is 4.79 Å². The molecule has 1 atom stereocenters. The fourth-order valence-electron chi connectivity index (χ4n) is 1.09. The molecule has 100 valence electrons. The molecular weight excluding hydrogens is 220 g/mol. The Morgan fingerprint density at radius 3 is 2.24 bits per heavy atom. The molecular formula is C11H24N4O2. The van der Waals surface area contributed by atoms with Crippen molar-refractivity contribution in [1.82, 2.24) is 5.32 Å². The monoisotopic (exact) mass is 244 g/mol. The molecule has 0 saturated carbocycles. The van der Waals surface area contributed by atoms with E-state index >= 15 is 0 Å². The zero-order valence-corrected chi connectivity index (χ0v) is 11.3. The lowest BCUT2D eigenvalue weighted by atomic mass is 10.1. The van der Waals surface area contributed by atoms with Crippen LogP contribution in [-0.2, 0) is 4.74 Å². The maximum absolute atomic E-state index is 11.6. The van der Waals surface area contributed by atoms with Crippen LogP contribution in [0.2, 0.25) is 0 Å². The molecule has 0 radical (unpaired) electrons. The van der Waals surface area contributed by atoms with Crippen LogP contribution in [0.15, 0.2) is 4.99 Å². The third-order valence-electron chi connectivity index (χ3n) is 1.98. The maximum Gasteiger partial charge on any atom is 0.407 e. The zero-order chi connectivity index (χ0) is 13.6. The summed E-state index contributed by atoms with van der Waals surface area (Å²) in [5.41, 5.74) is 10.0. The lowest BCUT2D eigenvalue weighted by Gasteiger charge is -2.24. The predicted molar refractivity (Wildman–Crippen MR) is 68.7 cm³/mol. The number of aliphatic imine (C=N–C) groups is 1. The smallest absolute Gasteiger partial charge is 0.407 e. The number of alkyl carbamates (subject to hydrolysis) is 1. The molecule has 17 heavy (non-hydrogen) atoms. The normalized spacial score (nSPS) is 13.1. The second-order valence-corrected chi connectivity index (χ2v) is 5.26. The third kappa shape index (κ3) is 8.36. The van der Waals surface area contributed by atoms with Crippen LogP contribution in [0.4, 0.5) is 4.79 Å². The van der Waals surface area contributed by atoms with Gasteiger partial charge in [0.25, 0.3) is 0 Å². The van der Waals surface area contributed by atoms with Crippen LogP contribution < -0.4 is 16.8 Å². The second kappa shape index (κ2) is 6.32. The summed E-state index contributed by atoms with van der Waals surface area (Å²) in [5, 5.41) is 2.75. The van der Waals surface area contributed by atoms with Crippen molar-refractivity contribution in [3.63, 3.8) is 0 Å². The lowest BCUT2D eigenvalue weighted by molar-refractivity contribution is 0.0493. The SMILES string of the molecule is CC(C)C(CN=C(N)N)NC(=O)OC(C)(C)C. The number of nitrogens with one attached hydrogen (secondary N) is 1. The van der Waals surface area contributed by atoms with Crippen molar-refractivity contribution < 1.29 is 9.53 Å². The van der Waals surface area contributed by atoms with Crippen molar-refractivity contribution in [2.75, 3.05) is 6.54 Å². The molecule has 6 nitrogen and oxygen atoms in total. The number of carbonyl (C=O) groups excluding carboxylic acids is 1. The van der Waals surface area contributed by atoms with Crippen molar-refractivity contribution in [2.45, 2.75) is 46.3 Å². The van der Waals surface area contributed by atoms with Gasteiger partial charge in [0, 0.05) is 0 Å². The molecule has 0 rings (SSSR count). The summed E-state index contributed by atoms with van der Waals surface area (Å²) in [6, 6.07) is -0.146. The van der Waals surface area contributed by atoms with E-state index in [9.17, 15) is 4.79 Å². The first-order chi connectivity index (χ1) is 7.61. The highest BCUT2D eigenvalue weighted by Crippen LogP contribution is 2.08. The van der Waals surface area contributed by atoms with Crippen LogP contribution in [0, 0.1) is 5.92 Å². The summed E-state index contributed by atoms with van der Waals surface area (Å²) in [6.45, 7) is 9.74. The number of carbonyl (C=O) groups is 1. The zero-order valence-electron chi connectivity index (χ0n) is 11.3. The molecule has 0 fully saturated rings. The first-order valence-electron chi connectivity index (χ1n) is 5.66. The van der Waals surface area contributed by atoms with Crippen LogP contribution in [0.25, 0.3) is 0 Å². The predicted octanol–water partition coefficient (Wildman–Crippen LogP) is 0.809. The molecule has 0 saturated heterocycles. The maximum atomic E-state index is 11.6. The standard InChI is InChI=1S/C11H24N4O2/c1-7(2)8(6-14-9(12)13)15-10(16)17-11(3,4)5/h7-8H,6H2,1-5H3,(H,15,16)(H4,12,13,14). The highest BCUT2D eigenvalue weighted by atomic mass is 16.6. The second-order valence-electron chi connectivity index (χ2n) is 5.26. The van der Waals surface area contributed by atoms with Crippen molar-refractivity contribution in [3.8, 4) is 0 Å². The lowest BCUT2D eigenvalue weighted by Crippen LogP contribution is -2.44. The van der Waals surface area contributed by atoms with Gasteiger partial charge in [-0.05, 0) is 26.7 Å². The number of hydrogen-bond acceptors (Lipinski definition) is 3. The molecule has 1 amide bonds. The van der Waals surface area contributed by atoms with Crippen molar-refractivity contribution in [2.24, 2.45) is 22.4 Å². The van der Waals surface area contributed by atoms with Crippen LogP contribution >= 0.6 is 0 Å². The largest absolute Gasteiger partial charge is 0.444 e. The molecule has 0 aromatic carbocycles. The first-order valence-corrected chi connectivity index (χ1v) is 5.66. The molecule has 0 aromatic rings. The Labute approximate surface area is 103 Å². The fourth-order valence-corrected chi connectivity index (χ4v) is 1.09. The Hall–Kier alpha value is -1.46. The number of rotatable bonds is 4. The van der Waals surface area contributed by atoms with Gasteiger partial charge in [-0.15, -0.1) is 0 Å². The average molecular weight is 244 g/mol. The number of hydrogen-bond donors (Lipinski definition) is 3. The van der Waals surface area contributed by atoms with Crippen LogP contribution in [-0.4, -0.2) is 30.2 Å². The van der Waals surface area contributed by atoms with Crippen LogP contribution in [0.5, 0.6) is 0 Å². The van der Waals surface area contributed by atoms with Gasteiger partial charge in [0.1, 0.15) is 5.60 Å². The van der Waals surface area contributed by atoms with Crippen molar-refractivity contribution in [3.05, 3.63) is 0 Å². The van der Waals surface area contributed by atoms with Crippen LogP contribution in [0.1, 0.15) is 34.6 Å². The van der Waals surface area contributed by atoms with Gasteiger partial charge in [0.2, 0.25) is 0 Å². The van der Waals surface area contributed by atoms with Crippen molar-refractivity contribution in [1.29, 1.82) is 0 Å². The molecule has 0 aliphatic rings. The quantitative estimate of drug-likeness (QED) is 0.503. The summed E-state index contributed by atoms with van der Waals surface area (Å²) >= 11 is 0. The number of nitrogens with zero attached hydrogens (tertiary/aromatic N) is 1. The van der Waals surface area contributed by atoms with Gasteiger partial charge in [-0.2, -0.15) is 0 Å². The minimum Gasteiger partial charge on any atom is -0.444 e. The molecule has 0 aliphatic heterocycles. The summed E-state index contributed by atoms with van der Waals surface area (Å²) in [6.07, 6.45) is -0.456. The Bertz CT molecular complexity index is 278. The highest BCUT2D eigenvalue weighted by Gasteiger charge is 2.21. The first kappa shape index (κ1) is 15.5. The summed E-state index contributed by atoms with van der Waals surface area (Å²) in [5.74, 6) is 0.229. The molecule has 5 N–H and O–H groups in total. The number of guanidine groups is 1. The van der Waals surface area contributed by atoms with E-state index in [0.717, 1.165) is 0 Å². The van der Waals surface area contributed by atoms with Crippen molar-refractivity contribution >= 4 is 12.1 Å². The summed E-state index contributed by atoms with van der Waals surface area (Å²) in [7, 11) is 0. The number of amides is 1. The Morgan fingerprint density at radius 1 is 1.35 bits per heavy atom. The molecule has 0 heterocycles. The van der Waals surface area contributed by atoms with Gasteiger partial charge >= 0.3 is 6.09 Å². The summed E-state index contributed by atoms with van der Waals surface area (Å²) < 4.78 is 5.16. The molecule has 0 aromatic heterocycles. The van der Waals surface area contributed by atoms with E-state index in [2.05, 4.69) is 10.3 Å². The molecule has 0 spiro atoms. The number of nitrogens with two attached hydrogens (primary N) is 2. The minimum absolute atomic E-state index is 0.0154. The topological polar surface area (TPSA) is 103 Å². The fraction of sp³-hybridized carbons (Fsp3) is 0.818. The van der Waals surface area contributed by atoms with Gasteiger partial charge < -0.3 is 21.5 Å². The van der Waals surface area contributed by atoms with Gasteiger partial charge in [0.05, 0.1) is 12.6 Å². The average Bonchev–Trinajstić information content (AvgIpc) is 2.08. The van der Waals surface area contributed by atoms with E-state index in [1.807, 2.05) is 34.6 Å². The van der Waals surface area contributed by atoms with E-state index in [-0.39, 0.29) is 17.9 Å². The van der Waals surface area contributed by atoms with E-state index in [1.165, 1.54) is 0 Å². The third-order valence-corrected chi connectivity index (χ3v) is 1.98.